The lowest BCUT2D eigenvalue weighted by molar-refractivity contribution is 0.242. The maximum Gasteiger partial charge on any atom is 0.268 e. The maximum absolute atomic E-state index is 5.69. The molecule has 7 nitrogen and oxygen atoms in total. The van der Waals surface area contributed by atoms with Gasteiger partial charge in [-0.3, -0.25) is 0 Å². The number of aryl methyl sites for hydroxylation is 1. The standard InChI is InChI=1S/C22H23N5O2/c1-4-19-24-27-22(29-19)20-17-7-5-6-8-18(17)21(26-25-20)23-13-15-9-11-16(12-10-15)28-14(2)3/h5-12,14H,4,13H2,1-3H3,(H,23,26). The summed E-state index contributed by atoms with van der Waals surface area (Å²) < 4.78 is 11.4. The van der Waals surface area contributed by atoms with Crippen LogP contribution in [0, 0.1) is 0 Å². The zero-order valence-electron chi connectivity index (χ0n) is 16.7. The van der Waals surface area contributed by atoms with E-state index in [1.54, 1.807) is 0 Å². The van der Waals surface area contributed by atoms with Crippen LogP contribution < -0.4 is 10.1 Å². The van der Waals surface area contributed by atoms with Gasteiger partial charge in [0.25, 0.3) is 5.89 Å². The van der Waals surface area contributed by atoms with E-state index in [-0.39, 0.29) is 6.10 Å². The van der Waals surface area contributed by atoms with Crippen molar-refractivity contribution in [3.8, 4) is 17.3 Å². The number of ether oxygens (including phenoxy) is 1. The number of rotatable bonds is 7. The van der Waals surface area contributed by atoms with Crippen LogP contribution in [0.15, 0.2) is 52.9 Å². The summed E-state index contributed by atoms with van der Waals surface area (Å²) >= 11 is 0. The zero-order chi connectivity index (χ0) is 20.2. The van der Waals surface area contributed by atoms with E-state index in [0.717, 1.165) is 22.1 Å². The number of fused-ring (bicyclic) bond motifs is 1. The van der Waals surface area contributed by atoms with Crippen LogP contribution in [0.5, 0.6) is 5.75 Å². The Morgan fingerprint density at radius 3 is 2.38 bits per heavy atom. The number of hydrogen-bond acceptors (Lipinski definition) is 7. The van der Waals surface area contributed by atoms with E-state index < -0.39 is 0 Å². The molecule has 0 spiro atoms. The van der Waals surface area contributed by atoms with Gasteiger partial charge in [0.05, 0.1) is 6.10 Å². The van der Waals surface area contributed by atoms with Crippen LogP contribution in [0.3, 0.4) is 0 Å². The SMILES string of the molecule is CCc1nnc(-c2nnc(NCc3ccc(OC(C)C)cc3)c3ccccc23)o1. The highest BCUT2D eigenvalue weighted by atomic mass is 16.5. The number of aromatic nitrogens is 4. The van der Waals surface area contributed by atoms with Crippen LogP contribution in [-0.2, 0) is 13.0 Å². The third-order valence-corrected chi connectivity index (χ3v) is 4.41. The molecule has 0 saturated heterocycles. The Labute approximate surface area is 169 Å². The van der Waals surface area contributed by atoms with Gasteiger partial charge < -0.3 is 14.5 Å². The van der Waals surface area contributed by atoms with Crippen molar-refractivity contribution >= 4 is 16.6 Å². The van der Waals surface area contributed by atoms with Crippen molar-refractivity contribution < 1.29 is 9.15 Å². The summed E-state index contributed by atoms with van der Waals surface area (Å²) in [6.07, 6.45) is 0.838. The molecular weight excluding hydrogens is 366 g/mol. The van der Waals surface area contributed by atoms with Gasteiger partial charge in [0.15, 0.2) is 11.5 Å². The Morgan fingerprint density at radius 2 is 1.69 bits per heavy atom. The Balaban J connectivity index is 1.58. The van der Waals surface area contributed by atoms with Crippen molar-refractivity contribution in [2.24, 2.45) is 0 Å². The Bertz CT molecular complexity index is 1110. The summed E-state index contributed by atoms with van der Waals surface area (Å²) in [6, 6.07) is 16.0. The normalized spacial score (nSPS) is 11.2. The molecule has 0 aliphatic carbocycles. The highest BCUT2D eigenvalue weighted by Crippen LogP contribution is 2.29. The van der Waals surface area contributed by atoms with Gasteiger partial charge in [-0.2, -0.15) is 0 Å². The zero-order valence-corrected chi connectivity index (χ0v) is 16.7. The monoisotopic (exact) mass is 389 g/mol. The van der Waals surface area contributed by atoms with Crippen molar-refractivity contribution in [2.45, 2.75) is 39.8 Å². The first kappa shape index (κ1) is 18.9. The Morgan fingerprint density at radius 1 is 0.931 bits per heavy atom. The number of hydrogen-bond donors (Lipinski definition) is 1. The Hall–Kier alpha value is -3.48. The third kappa shape index (κ3) is 4.18. The average Bonchev–Trinajstić information content (AvgIpc) is 3.21. The summed E-state index contributed by atoms with van der Waals surface area (Å²) in [6.45, 7) is 6.62. The lowest BCUT2D eigenvalue weighted by Gasteiger charge is -2.12. The predicted molar refractivity (Wildman–Crippen MR) is 112 cm³/mol. The van der Waals surface area contributed by atoms with Crippen LogP contribution in [0.1, 0.15) is 32.2 Å². The molecule has 148 valence electrons. The molecule has 0 amide bonds. The molecule has 0 atom stereocenters. The predicted octanol–water partition coefficient (Wildman–Crippen LogP) is 4.64. The molecule has 2 aromatic heterocycles. The van der Waals surface area contributed by atoms with Crippen LogP contribution in [0.25, 0.3) is 22.4 Å². The van der Waals surface area contributed by atoms with Crippen LogP contribution in [0.2, 0.25) is 0 Å². The van der Waals surface area contributed by atoms with E-state index >= 15 is 0 Å². The van der Waals surface area contributed by atoms with Crippen LogP contribution in [0.4, 0.5) is 5.82 Å². The second-order valence-corrected chi connectivity index (χ2v) is 6.96. The lowest BCUT2D eigenvalue weighted by Crippen LogP contribution is -2.06. The molecule has 2 heterocycles. The molecule has 29 heavy (non-hydrogen) atoms. The largest absolute Gasteiger partial charge is 0.491 e. The number of nitrogens with one attached hydrogen (secondary N) is 1. The summed E-state index contributed by atoms with van der Waals surface area (Å²) in [5.41, 5.74) is 1.72. The van der Waals surface area contributed by atoms with Crippen LogP contribution >= 0.6 is 0 Å². The number of nitrogens with zero attached hydrogens (tertiary/aromatic N) is 4. The molecule has 4 rings (SSSR count). The molecule has 0 aliphatic rings. The topological polar surface area (TPSA) is 86.0 Å². The minimum Gasteiger partial charge on any atom is -0.491 e. The van der Waals surface area contributed by atoms with Crippen molar-refractivity contribution in [3.05, 3.63) is 60.0 Å². The fourth-order valence-electron chi connectivity index (χ4n) is 3.03. The molecule has 0 fully saturated rings. The first-order valence-corrected chi connectivity index (χ1v) is 9.71. The van der Waals surface area contributed by atoms with Crippen molar-refractivity contribution in [2.75, 3.05) is 5.32 Å². The molecular formula is C22H23N5O2. The molecule has 0 bridgehead atoms. The fourth-order valence-corrected chi connectivity index (χ4v) is 3.03. The first-order valence-electron chi connectivity index (χ1n) is 9.71. The minimum absolute atomic E-state index is 0.159. The van der Waals surface area contributed by atoms with E-state index in [0.29, 0.717) is 36.3 Å². The van der Waals surface area contributed by atoms with Gasteiger partial charge >= 0.3 is 0 Å². The Kier molecular flexibility index (Phi) is 5.37. The van der Waals surface area contributed by atoms with Gasteiger partial charge in [0.1, 0.15) is 5.75 Å². The summed E-state index contributed by atoms with van der Waals surface area (Å²) in [4.78, 5) is 0. The smallest absolute Gasteiger partial charge is 0.268 e. The number of benzene rings is 2. The van der Waals surface area contributed by atoms with Gasteiger partial charge in [-0.05, 0) is 31.5 Å². The van der Waals surface area contributed by atoms with E-state index in [1.807, 2.05) is 69.3 Å². The van der Waals surface area contributed by atoms with Gasteiger partial charge in [-0.25, -0.2) is 0 Å². The maximum atomic E-state index is 5.69. The average molecular weight is 389 g/mol. The summed E-state index contributed by atoms with van der Waals surface area (Å²) in [5.74, 6) is 2.54. The molecule has 7 heteroatoms. The molecule has 0 aliphatic heterocycles. The number of anilines is 1. The first-order chi connectivity index (χ1) is 14.1. The van der Waals surface area contributed by atoms with E-state index in [9.17, 15) is 0 Å². The van der Waals surface area contributed by atoms with E-state index in [4.69, 9.17) is 9.15 Å². The lowest BCUT2D eigenvalue weighted by atomic mass is 10.1. The second kappa shape index (κ2) is 8.26. The summed E-state index contributed by atoms with van der Waals surface area (Å²) in [5, 5.41) is 22.1. The second-order valence-electron chi connectivity index (χ2n) is 6.96. The molecule has 4 aromatic rings. The third-order valence-electron chi connectivity index (χ3n) is 4.41. The fraction of sp³-hybridized carbons (Fsp3) is 0.273. The molecule has 2 aromatic carbocycles. The van der Waals surface area contributed by atoms with Crippen molar-refractivity contribution in [3.63, 3.8) is 0 Å². The van der Waals surface area contributed by atoms with E-state index in [1.165, 1.54) is 0 Å². The highest BCUT2D eigenvalue weighted by Gasteiger charge is 2.16. The van der Waals surface area contributed by atoms with Crippen molar-refractivity contribution in [1.82, 2.24) is 20.4 Å². The minimum atomic E-state index is 0.159. The van der Waals surface area contributed by atoms with Gasteiger partial charge in [-0.15, -0.1) is 20.4 Å². The van der Waals surface area contributed by atoms with Crippen LogP contribution in [-0.4, -0.2) is 26.5 Å². The van der Waals surface area contributed by atoms with Crippen molar-refractivity contribution in [1.29, 1.82) is 0 Å². The molecule has 1 N–H and O–H groups in total. The molecule has 0 saturated carbocycles. The highest BCUT2D eigenvalue weighted by molar-refractivity contribution is 5.98. The quantitative estimate of drug-likeness (QED) is 0.493. The van der Waals surface area contributed by atoms with E-state index in [2.05, 4.69) is 25.7 Å². The van der Waals surface area contributed by atoms with Gasteiger partial charge in [0, 0.05) is 23.7 Å². The van der Waals surface area contributed by atoms with Gasteiger partial charge in [0.2, 0.25) is 5.89 Å². The molecule has 0 radical (unpaired) electrons. The van der Waals surface area contributed by atoms with Gasteiger partial charge in [-0.1, -0.05) is 43.3 Å². The summed E-state index contributed by atoms with van der Waals surface area (Å²) in [7, 11) is 0. The molecule has 0 unspecified atom stereocenters.